The zero-order valence-corrected chi connectivity index (χ0v) is 11.5. The minimum absolute atomic E-state index is 0.496. The number of hydrogen-bond donors (Lipinski definition) is 1. The average Bonchev–Trinajstić information content (AvgIpc) is 2.20. The Kier molecular flexibility index (Phi) is 4.11. The fourth-order valence-corrected chi connectivity index (χ4v) is 1.51. The molecule has 0 radical (unpaired) electrons. The zero-order chi connectivity index (χ0) is 13.9. The zero-order valence-electron chi connectivity index (χ0n) is 11.5. The minimum atomic E-state index is -0.532. The number of aldehydes is 1. The van der Waals surface area contributed by atoms with Crippen LogP contribution in [0.1, 0.15) is 42.3 Å². The molecule has 0 fully saturated rings. The monoisotopic (exact) mass is 249 g/mol. The molecule has 1 aromatic carbocycles. The Bertz CT molecular complexity index is 473. The van der Waals surface area contributed by atoms with Gasteiger partial charge in [-0.15, -0.1) is 0 Å². The lowest BCUT2D eigenvalue weighted by Crippen LogP contribution is -2.27. The summed E-state index contributed by atoms with van der Waals surface area (Å²) in [6.45, 7) is 9.07. The molecule has 18 heavy (non-hydrogen) atoms. The fraction of sp³-hybridized carbons (Fsp3) is 0.429. The van der Waals surface area contributed by atoms with Crippen molar-refractivity contribution >= 4 is 18.1 Å². The average molecular weight is 249 g/mol. The second kappa shape index (κ2) is 5.21. The van der Waals surface area contributed by atoms with Gasteiger partial charge in [0.05, 0.1) is 0 Å². The number of carbonyl (C=O) groups excluding carboxylic acids is 2. The maximum atomic E-state index is 11.6. The van der Waals surface area contributed by atoms with Gasteiger partial charge < -0.3 is 4.74 Å². The van der Waals surface area contributed by atoms with Gasteiger partial charge >= 0.3 is 6.09 Å². The highest BCUT2D eigenvalue weighted by molar-refractivity contribution is 5.88. The van der Waals surface area contributed by atoms with Crippen LogP contribution in [0.25, 0.3) is 0 Å². The van der Waals surface area contributed by atoms with Crippen molar-refractivity contribution in [2.24, 2.45) is 0 Å². The smallest absolute Gasteiger partial charge is 0.412 e. The van der Waals surface area contributed by atoms with E-state index >= 15 is 0 Å². The van der Waals surface area contributed by atoms with Gasteiger partial charge in [-0.2, -0.15) is 0 Å². The number of benzene rings is 1. The van der Waals surface area contributed by atoms with Gasteiger partial charge in [0, 0.05) is 11.3 Å². The number of amides is 1. The molecule has 0 atom stereocenters. The predicted molar refractivity (Wildman–Crippen MR) is 71.2 cm³/mol. The van der Waals surface area contributed by atoms with Crippen LogP contribution in [0, 0.1) is 13.8 Å². The Morgan fingerprint density at radius 1 is 1.22 bits per heavy atom. The third kappa shape index (κ3) is 3.87. The Morgan fingerprint density at radius 3 is 2.33 bits per heavy atom. The van der Waals surface area contributed by atoms with Crippen LogP contribution in [0.15, 0.2) is 12.1 Å². The van der Waals surface area contributed by atoms with E-state index in [2.05, 4.69) is 5.32 Å². The third-order valence-electron chi connectivity index (χ3n) is 2.38. The standard InChI is InChI=1S/C14H19NO3/c1-9-7-12(10(2)6-11(9)8-16)15-13(17)18-14(3,4)5/h6-8H,1-5H3,(H,15,17). The SMILES string of the molecule is Cc1cc(NC(=O)OC(C)(C)C)c(C)cc1C=O. The molecular formula is C14H19NO3. The van der Waals surface area contributed by atoms with Crippen LogP contribution in [0.4, 0.5) is 10.5 Å². The molecule has 98 valence electrons. The van der Waals surface area contributed by atoms with Gasteiger partial charge in [0.25, 0.3) is 0 Å². The van der Waals surface area contributed by atoms with E-state index in [-0.39, 0.29) is 0 Å². The molecule has 1 aromatic rings. The van der Waals surface area contributed by atoms with E-state index in [1.807, 2.05) is 13.8 Å². The maximum Gasteiger partial charge on any atom is 0.412 e. The van der Waals surface area contributed by atoms with Gasteiger partial charge in [-0.3, -0.25) is 10.1 Å². The summed E-state index contributed by atoms with van der Waals surface area (Å²) >= 11 is 0. The van der Waals surface area contributed by atoms with Crippen molar-refractivity contribution in [3.05, 3.63) is 28.8 Å². The van der Waals surface area contributed by atoms with E-state index in [9.17, 15) is 9.59 Å². The van der Waals surface area contributed by atoms with Crippen molar-refractivity contribution in [1.82, 2.24) is 0 Å². The molecule has 0 aliphatic carbocycles. The van der Waals surface area contributed by atoms with E-state index in [1.165, 1.54) is 0 Å². The van der Waals surface area contributed by atoms with Crippen molar-refractivity contribution in [1.29, 1.82) is 0 Å². The number of rotatable bonds is 2. The summed E-state index contributed by atoms with van der Waals surface area (Å²) in [6.07, 6.45) is 0.309. The highest BCUT2D eigenvalue weighted by atomic mass is 16.6. The van der Waals surface area contributed by atoms with Gasteiger partial charge in [-0.25, -0.2) is 4.79 Å². The van der Waals surface area contributed by atoms with Crippen molar-refractivity contribution < 1.29 is 14.3 Å². The molecule has 1 rings (SSSR count). The first kappa shape index (κ1) is 14.2. The number of carbonyl (C=O) groups is 2. The lowest BCUT2D eigenvalue weighted by molar-refractivity contribution is 0.0635. The first-order valence-electron chi connectivity index (χ1n) is 5.79. The van der Waals surface area contributed by atoms with Gasteiger partial charge in [0.2, 0.25) is 0 Å². The molecule has 0 unspecified atom stereocenters. The normalized spacial score (nSPS) is 10.9. The van der Waals surface area contributed by atoms with Gasteiger partial charge in [-0.05, 0) is 57.9 Å². The Morgan fingerprint density at radius 2 is 1.83 bits per heavy atom. The summed E-state index contributed by atoms with van der Waals surface area (Å²) < 4.78 is 5.17. The Balaban J connectivity index is 2.89. The van der Waals surface area contributed by atoms with Gasteiger partial charge in [0.1, 0.15) is 11.9 Å². The van der Waals surface area contributed by atoms with E-state index < -0.39 is 11.7 Å². The first-order chi connectivity index (χ1) is 8.23. The van der Waals surface area contributed by atoms with E-state index in [1.54, 1.807) is 32.9 Å². The van der Waals surface area contributed by atoms with E-state index in [4.69, 9.17) is 4.74 Å². The molecule has 0 aliphatic heterocycles. The molecule has 0 saturated carbocycles. The van der Waals surface area contributed by atoms with E-state index in [0.29, 0.717) is 11.3 Å². The van der Waals surface area contributed by atoms with E-state index in [0.717, 1.165) is 17.4 Å². The van der Waals surface area contributed by atoms with Crippen molar-refractivity contribution in [2.75, 3.05) is 5.32 Å². The van der Waals surface area contributed by atoms with Crippen LogP contribution in [0.5, 0.6) is 0 Å². The summed E-state index contributed by atoms with van der Waals surface area (Å²) in [5.74, 6) is 0. The van der Waals surface area contributed by atoms with Crippen LogP contribution < -0.4 is 5.32 Å². The van der Waals surface area contributed by atoms with Crippen LogP contribution in [-0.4, -0.2) is 18.0 Å². The van der Waals surface area contributed by atoms with Gasteiger partial charge in [-0.1, -0.05) is 0 Å². The summed E-state index contributed by atoms with van der Waals surface area (Å²) in [5.41, 5.74) is 2.40. The minimum Gasteiger partial charge on any atom is -0.444 e. The van der Waals surface area contributed by atoms with Crippen LogP contribution >= 0.6 is 0 Å². The molecule has 0 bridgehead atoms. The lowest BCUT2D eigenvalue weighted by Gasteiger charge is -2.20. The van der Waals surface area contributed by atoms with Crippen LogP contribution in [0.2, 0.25) is 0 Å². The molecule has 0 saturated heterocycles. The largest absolute Gasteiger partial charge is 0.444 e. The summed E-state index contributed by atoms with van der Waals surface area (Å²) in [5, 5.41) is 2.68. The second-order valence-corrected chi connectivity index (χ2v) is 5.27. The highest BCUT2D eigenvalue weighted by Crippen LogP contribution is 2.20. The van der Waals surface area contributed by atoms with Crippen LogP contribution in [-0.2, 0) is 4.74 Å². The maximum absolute atomic E-state index is 11.6. The Labute approximate surface area is 107 Å². The second-order valence-electron chi connectivity index (χ2n) is 5.27. The first-order valence-corrected chi connectivity index (χ1v) is 5.79. The molecule has 1 N–H and O–H groups in total. The quantitative estimate of drug-likeness (QED) is 0.816. The molecule has 4 nitrogen and oxygen atoms in total. The van der Waals surface area contributed by atoms with Gasteiger partial charge in [0.15, 0.2) is 0 Å². The molecule has 4 heteroatoms. The summed E-state index contributed by atoms with van der Waals surface area (Å²) in [7, 11) is 0. The number of hydrogen-bond acceptors (Lipinski definition) is 3. The molecule has 0 heterocycles. The summed E-state index contributed by atoms with van der Waals surface area (Å²) in [6, 6.07) is 3.51. The number of ether oxygens (including phenoxy) is 1. The molecule has 0 spiro atoms. The molecule has 0 aromatic heterocycles. The van der Waals surface area contributed by atoms with Crippen LogP contribution in [0.3, 0.4) is 0 Å². The van der Waals surface area contributed by atoms with Crippen molar-refractivity contribution in [3.63, 3.8) is 0 Å². The molecule has 0 aliphatic rings. The summed E-state index contributed by atoms with van der Waals surface area (Å²) in [4.78, 5) is 22.4. The topological polar surface area (TPSA) is 55.4 Å². The third-order valence-corrected chi connectivity index (χ3v) is 2.38. The number of nitrogens with one attached hydrogen (secondary N) is 1. The highest BCUT2D eigenvalue weighted by Gasteiger charge is 2.17. The number of anilines is 1. The lowest BCUT2D eigenvalue weighted by atomic mass is 10.0. The van der Waals surface area contributed by atoms with Crippen molar-refractivity contribution in [3.8, 4) is 0 Å². The fourth-order valence-electron chi connectivity index (χ4n) is 1.51. The molecule has 1 amide bonds. The van der Waals surface area contributed by atoms with Crippen molar-refractivity contribution in [2.45, 2.75) is 40.2 Å². The number of aryl methyl sites for hydroxylation is 2. The Hall–Kier alpha value is -1.84. The molecular weight excluding hydrogens is 230 g/mol. The predicted octanol–water partition coefficient (Wildman–Crippen LogP) is 3.46.